The third-order valence-electron chi connectivity index (χ3n) is 4.63. The molecule has 1 aromatic carbocycles. The number of phenols is 1. The number of hydrogen-bond donors (Lipinski definition) is 1. The first kappa shape index (κ1) is 13.4. The average Bonchev–Trinajstić information content (AvgIpc) is 2.78. The van der Waals surface area contributed by atoms with Gasteiger partial charge in [0.2, 0.25) is 0 Å². The fraction of sp³-hybridized carbons (Fsp3) is 0.562. The van der Waals surface area contributed by atoms with E-state index >= 15 is 0 Å². The lowest BCUT2D eigenvalue weighted by atomic mass is 10.1. The van der Waals surface area contributed by atoms with E-state index in [9.17, 15) is 9.90 Å². The van der Waals surface area contributed by atoms with Crippen LogP contribution in [0, 0.1) is 6.92 Å². The zero-order valence-corrected chi connectivity index (χ0v) is 12.0. The first-order valence-corrected chi connectivity index (χ1v) is 7.48. The molecule has 2 saturated heterocycles. The van der Waals surface area contributed by atoms with E-state index in [1.54, 1.807) is 12.1 Å². The van der Waals surface area contributed by atoms with Crippen molar-refractivity contribution in [1.29, 1.82) is 0 Å². The van der Waals surface area contributed by atoms with Crippen LogP contribution in [0.25, 0.3) is 0 Å². The summed E-state index contributed by atoms with van der Waals surface area (Å²) in [5.74, 6) is 0.264. The molecule has 1 N–H and O–H groups in total. The summed E-state index contributed by atoms with van der Waals surface area (Å²) in [5, 5.41) is 9.77. The minimum absolute atomic E-state index is 0.0622. The molecule has 0 radical (unpaired) electrons. The third-order valence-corrected chi connectivity index (χ3v) is 4.63. The first-order chi connectivity index (χ1) is 9.66. The van der Waals surface area contributed by atoms with Gasteiger partial charge in [0.1, 0.15) is 5.75 Å². The highest BCUT2D eigenvalue weighted by Crippen LogP contribution is 2.25. The minimum Gasteiger partial charge on any atom is -0.508 e. The Labute approximate surface area is 120 Å². The molecular formula is C16H22N2O2. The molecule has 3 rings (SSSR count). The van der Waals surface area contributed by atoms with Gasteiger partial charge in [0, 0.05) is 36.8 Å². The lowest BCUT2D eigenvalue weighted by Gasteiger charge is -2.26. The van der Waals surface area contributed by atoms with E-state index in [1.807, 2.05) is 17.9 Å². The van der Waals surface area contributed by atoms with Gasteiger partial charge in [-0.15, -0.1) is 0 Å². The Bertz CT molecular complexity index is 515. The zero-order chi connectivity index (χ0) is 14.1. The Balaban J connectivity index is 1.81. The molecule has 2 fully saturated rings. The van der Waals surface area contributed by atoms with Crippen LogP contribution in [0.2, 0.25) is 0 Å². The summed E-state index contributed by atoms with van der Waals surface area (Å²) >= 11 is 0. The van der Waals surface area contributed by atoms with Gasteiger partial charge in [0.15, 0.2) is 0 Å². The molecule has 1 atom stereocenters. The van der Waals surface area contributed by atoms with Crippen molar-refractivity contribution in [3.63, 3.8) is 0 Å². The smallest absolute Gasteiger partial charge is 0.254 e. The standard InChI is InChI=1S/C16H22N2O2/c1-12-14(6-2-7-15(12)19)16(20)18-10-4-9-17-8-3-5-13(17)11-18/h2,6-7,13,19H,3-5,8-11H2,1H3. The summed E-state index contributed by atoms with van der Waals surface area (Å²) in [7, 11) is 0. The van der Waals surface area contributed by atoms with Crippen molar-refractivity contribution in [2.45, 2.75) is 32.2 Å². The van der Waals surface area contributed by atoms with Crippen molar-refractivity contribution >= 4 is 5.91 Å². The van der Waals surface area contributed by atoms with Gasteiger partial charge in [0.25, 0.3) is 5.91 Å². The van der Waals surface area contributed by atoms with Gasteiger partial charge in [-0.2, -0.15) is 0 Å². The first-order valence-electron chi connectivity index (χ1n) is 7.48. The topological polar surface area (TPSA) is 43.8 Å². The van der Waals surface area contributed by atoms with Gasteiger partial charge >= 0.3 is 0 Å². The molecule has 2 heterocycles. The van der Waals surface area contributed by atoms with E-state index < -0.39 is 0 Å². The molecule has 4 nitrogen and oxygen atoms in total. The molecule has 20 heavy (non-hydrogen) atoms. The SMILES string of the molecule is Cc1c(O)cccc1C(=O)N1CCCN2CCCC2C1. The summed E-state index contributed by atoms with van der Waals surface area (Å²) in [6, 6.07) is 5.72. The van der Waals surface area contributed by atoms with E-state index in [2.05, 4.69) is 4.90 Å². The third kappa shape index (κ3) is 2.40. The molecule has 1 unspecified atom stereocenters. The molecule has 1 amide bonds. The maximum Gasteiger partial charge on any atom is 0.254 e. The Morgan fingerprint density at radius 2 is 2.05 bits per heavy atom. The Morgan fingerprint density at radius 3 is 2.90 bits per heavy atom. The van der Waals surface area contributed by atoms with Crippen molar-refractivity contribution in [3.8, 4) is 5.75 Å². The molecule has 4 heteroatoms. The second kappa shape index (κ2) is 5.44. The summed E-state index contributed by atoms with van der Waals surface area (Å²) in [6.45, 7) is 5.74. The molecule has 1 aromatic rings. The Kier molecular flexibility index (Phi) is 3.66. The maximum atomic E-state index is 12.7. The number of aromatic hydroxyl groups is 1. The fourth-order valence-electron chi connectivity index (χ4n) is 3.42. The average molecular weight is 274 g/mol. The number of amides is 1. The quantitative estimate of drug-likeness (QED) is 0.852. The molecule has 0 aliphatic carbocycles. The van der Waals surface area contributed by atoms with Crippen molar-refractivity contribution in [3.05, 3.63) is 29.3 Å². The maximum absolute atomic E-state index is 12.7. The molecule has 2 aliphatic heterocycles. The monoisotopic (exact) mass is 274 g/mol. The molecule has 2 aliphatic rings. The fourth-order valence-corrected chi connectivity index (χ4v) is 3.42. The predicted octanol–water partition coefficient (Wildman–Crippen LogP) is 2.01. The van der Waals surface area contributed by atoms with Gasteiger partial charge < -0.3 is 10.0 Å². The van der Waals surface area contributed by atoms with Crippen LogP contribution in [0.4, 0.5) is 0 Å². The predicted molar refractivity (Wildman–Crippen MR) is 78.0 cm³/mol. The molecule has 0 bridgehead atoms. The highest BCUT2D eigenvalue weighted by atomic mass is 16.3. The van der Waals surface area contributed by atoms with Crippen LogP contribution in [-0.2, 0) is 0 Å². The van der Waals surface area contributed by atoms with Gasteiger partial charge in [-0.05, 0) is 44.9 Å². The molecule has 0 saturated carbocycles. The number of nitrogens with zero attached hydrogens (tertiary/aromatic N) is 2. The number of benzene rings is 1. The normalized spacial score (nSPS) is 23.4. The van der Waals surface area contributed by atoms with Gasteiger partial charge in [-0.3, -0.25) is 9.69 Å². The van der Waals surface area contributed by atoms with Crippen LogP contribution in [0.3, 0.4) is 0 Å². The van der Waals surface area contributed by atoms with Crippen LogP contribution in [0.15, 0.2) is 18.2 Å². The number of carbonyl (C=O) groups excluding carboxylic acids is 1. The van der Waals surface area contributed by atoms with E-state index in [-0.39, 0.29) is 11.7 Å². The zero-order valence-electron chi connectivity index (χ0n) is 12.0. The molecule has 108 valence electrons. The lowest BCUT2D eigenvalue weighted by molar-refractivity contribution is 0.0742. The van der Waals surface area contributed by atoms with Gasteiger partial charge in [-0.1, -0.05) is 6.07 Å². The second-order valence-electron chi connectivity index (χ2n) is 5.89. The number of fused-ring (bicyclic) bond motifs is 1. The van der Waals surface area contributed by atoms with Crippen molar-refractivity contribution in [1.82, 2.24) is 9.80 Å². The molecular weight excluding hydrogens is 252 g/mol. The highest BCUT2D eigenvalue weighted by Gasteiger charge is 2.31. The van der Waals surface area contributed by atoms with E-state index in [1.165, 1.54) is 19.4 Å². The summed E-state index contributed by atoms with van der Waals surface area (Å²) < 4.78 is 0. The number of carbonyl (C=O) groups is 1. The second-order valence-corrected chi connectivity index (χ2v) is 5.89. The summed E-state index contributed by atoms with van der Waals surface area (Å²) in [4.78, 5) is 17.2. The van der Waals surface area contributed by atoms with Crippen LogP contribution >= 0.6 is 0 Å². The largest absolute Gasteiger partial charge is 0.508 e. The van der Waals surface area contributed by atoms with E-state index in [0.717, 1.165) is 26.1 Å². The number of rotatable bonds is 1. The molecule has 0 spiro atoms. The van der Waals surface area contributed by atoms with Gasteiger partial charge in [-0.25, -0.2) is 0 Å². The van der Waals surface area contributed by atoms with Crippen molar-refractivity contribution < 1.29 is 9.90 Å². The lowest BCUT2D eigenvalue weighted by Crippen LogP contribution is -2.39. The van der Waals surface area contributed by atoms with Crippen LogP contribution in [-0.4, -0.2) is 53.0 Å². The number of phenolic OH excluding ortho intramolecular Hbond substituents is 1. The summed E-state index contributed by atoms with van der Waals surface area (Å²) in [5.41, 5.74) is 1.32. The van der Waals surface area contributed by atoms with Crippen molar-refractivity contribution in [2.75, 3.05) is 26.2 Å². The highest BCUT2D eigenvalue weighted by molar-refractivity contribution is 5.96. The molecule has 0 aromatic heterocycles. The van der Waals surface area contributed by atoms with Gasteiger partial charge in [0.05, 0.1) is 0 Å². The van der Waals surface area contributed by atoms with Crippen molar-refractivity contribution in [2.24, 2.45) is 0 Å². The number of hydrogen-bond acceptors (Lipinski definition) is 3. The Hall–Kier alpha value is -1.55. The minimum atomic E-state index is 0.0622. The van der Waals surface area contributed by atoms with Crippen LogP contribution in [0.1, 0.15) is 35.2 Å². The van der Waals surface area contributed by atoms with E-state index in [0.29, 0.717) is 17.2 Å². The van der Waals surface area contributed by atoms with Crippen LogP contribution in [0.5, 0.6) is 5.75 Å². The van der Waals surface area contributed by atoms with Crippen LogP contribution < -0.4 is 0 Å². The summed E-state index contributed by atoms with van der Waals surface area (Å²) in [6.07, 6.45) is 3.49. The van der Waals surface area contributed by atoms with E-state index in [4.69, 9.17) is 0 Å². The Morgan fingerprint density at radius 1 is 1.25 bits per heavy atom.